The monoisotopic (exact) mass is 302 g/mol. The summed E-state index contributed by atoms with van der Waals surface area (Å²) < 4.78 is 40.1. The first-order chi connectivity index (χ1) is 8.91. The van der Waals surface area contributed by atoms with Gasteiger partial charge in [0.25, 0.3) is 0 Å². The van der Waals surface area contributed by atoms with Crippen LogP contribution in [0.2, 0.25) is 0 Å². The second-order valence-corrected chi connectivity index (χ2v) is 4.25. The first kappa shape index (κ1) is 18.4. The topological polar surface area (TPSA) is 58.4 Å². The highest BCUT2D eigenvalue weighted by atomic mass is 19.5. The lowest BCUT2D eigenvalue weighted by Crippen LogP contribution is -2.53. The van der Waals surface area contributed by atoms with E-state index in [4.69, 9.17) is 4.84 Å². The smallest absolute Gasteiger partial charge is 0.418 e. The number of amides is 2. The molecule has 1 rings (SSSR count). The van der Waals surface area contributed by atoms with Crippen molar-refractivity contribution in [3.8, 4) is 0 Å². The molecular weight excluding hydrogens is 285 g/mol. The van der Waals surface area contributed by atoms with Gasteiger partial charge in [0.1, 0.15) is 7.05 Å². The number of hydrogen-bond donors (Lipinski definition) is 1. The third kappa shape index (κ3) is 5.55. The Kier molecular flexibility index (Phi) is 6.13. The van der Waals surface area contributed by atoms with E-state index in [0.29, 0.717) is 6.02 Å². The molecule has 1 aliphatic heterocycles. The van der Waals surface area contributed by atoms with Gasteiger partial charge in [-0.1, -0.05) is 0 Å². The highest BCUT2D eigenvalue weighted by Gasteiger charge is 2.51. The van der Waals surface area contributed by atoms with E-state index in [1.165, 1.54) is 7.05 Å². The minimum absolute atomic E-state index is 0.213. The molecule has 0 radical (unpaired) electrons. The van der Waals surface area contributed by atoms with Gasteiger partial charge in [-0.25, -0.2) is 24.3 Å². The Morgan fingerprint density at radius 2 is 1.55 bits per heavy atom. The number of carbonyl (C=O) groups excluding carboxylic acids is 2. The van der Waals surface area contributed by atoms with Crippen molar-refractivity contribution in [2.45, 2.75) is 12.8 Å². The number of nitrogens with zero attached hydrogens (tertiary/aromatic N) is 2. The maximum atomic E-state index is 11.5. The van der Waals surface area contributed by atoms with Crippen LogP contribution in [-0.2, 0) is 14.4 Å². The molecule has 116 valence electrons. The molecule has 0 bridgehead atoms. The van der Waals surface area contributed by atoms with Crippen LogP contribution in [-0.4, -0.2) is 62.5 Å². The summed E-state index contributed by atoms with van der Waals surface area (Å²) in [4.78, 5) is 28.5. The first-order valence-electron chi connectivity index (χ1n) is 5.64. The van der Waals surface area contributed by atoms with Crippen molar-refractivity contribution in [3.63, 3.8) is 0 Å². The molecule has 0 unspecified atom stereocenters. The van der Waals surface area contributed by atoms with E-state index in [9.17, 15) is 26.9 Å². The van der Waals surface area contributed by atoms with Crippen LogP contribution >= 0.6 is 0 Å². The van der Waals surface area contributed by atoms with E-state index in [2.05, 4.69) is 5.32 Å². The van der Waals surface area contributed by atoms with Crippen LogP contribution in [0, 0.1) is 0 Å². The molecule has 1 N–H and O–H groups in total. The summed E-state index contributed by atoms with van der Waals surface area (Å²) >= 11 is 0. The molecule has 2 amide bonds. The second-order valence-electron chi connectivity index (χ2n) is 4.25. The summed E-state index contributed by atoms with van der Waals surface area (Å²) in [5, 5.41) is 2.80. The van der Waals surface area contributed by atoms with E-state index in [1.54, 1.807) is 25.7 Å². The van der Waals surface area contributed by atoms with Crippen molar-refractivity contribution >= 4 is 25.1 Å². The second kappa shape index (κ2) is 6.68. The Morgan fingerprint density at radius 3 is 1.80 bits per heavy atom. The molecular formula is C9H17BF4N3O3+. The Balaban J connectivity index is 0.000000621. The number of imide groups is 1. The van der Waals surface area contributed by atoms with Crippen LogP contribution < -0.4 is 5.32 Å². The van der Waals surface area contributed by atoms with Crippen molar-refractivity contribution < 1.29 is 40.9 Å². The zero-order valence-corrected chi connectivity index (χ0v) is 11.6. The summed E-state index contributed by atoms with van der Waals surface area (Å²) in [5.41, 5.74) is 0. The summed E-state index contributed by atoms with van der Waals surface area (Å²) in [6.45, 7) is 0. The van der Waals surface area contributed by atoms with E-state index >= 15 is 0 Å². The Morgan fingerprint density at radius 1 is 1.20 bits per heavy atom. The fourth-order valence-electron chi connectivity index (χ4n) is 1.41. The molecule has 20 heavy (non-hydrogen) atoms. The molecule has 1 saturated heterocycles. The minimum atomic E-state index is -6.00. The van der Waals surface area contributed by atoms with E-state index in [0.717, 1.165) is 0 Å². The highest BCUT2D eigenvalue weighted by molar-refractivity contribution is 6.50. The molecule has 0 aliphatic carbocycles. The van der Waals surface area contributed by atoms with Crippen molar-refractivity contribution in [1.29, 1.82) is 0 Å². The molecule has 0 aromatic rings. The fraction of sp³-hybridized carbons (Fsp3) is 0.667. The number of rotatable bonds is 1. The van der Waals surface area contributed by atoms with Gasteiger partial charge in [-0.2, -0.15) is 0 Å². The van der Waals surface area contributed by atoms with Crippen molar-refractivity contribution in [2.24, 2.45) is 0 Å². The SMILES string of the molecule is CNC(O[N+]1(C)C(=O)CCC1=O)=[N+](C)C.F[B-](F)(F)F. The van der Waals surface area contributed by atoms with Gasteiger partial charge in [-0.3, -0.25) is 0 Å². The van der Waals surface area contributed by atoms with Gasteiger partial charge in [-0.15, -0.1) is 0 Å². The molecule has 11 heteroatoms. The highest BCUT2D eigenvalue weighted by Crippen LogP contribution is 2.20. The van der Waals surface area contributed by atoms with E-state index in [-0.39, 0.29) is 24.7 Å². The van der Waals surface area contributed by atoms with Gasteiger partial charge in [0.15, 0.2) is 0 Å². The summed E-state index contributed by atoms with van der Waals surface area (Å²) in [5.74, 6) is -0.427. The number of carbonyl (C=O) groups is 2. The summed E-state index contributed by atoms with van der Waals surface area (Å²) in [6, 6.07) is 0.390. The zero-order valence-electron chi connectivity index (χ0n) is 11.6. The van der Waals surface area contributed by atoms with E-state index < -0.39 is 11.9 Å². The number of hydrogen-bond acceptors (Lipinski definition) is 3. The third-order valence-corrected chi connectivity index (χ3v) is 2.39. The van der Waals surface area contributed by atoms with Gasteiger partial charge in [0.2, 0.25) is 0 Å². The average molecular weight is 302 g/mol. The lowest BCUT2D eigenvalue weighted by Gasteiger charge is -2.19. The molecule has 1 fully saturated rings. The van der Waals surface area contributed by atoms with Crippen LogP contribution in [0.5, 0.6) is 0 Å². The first-order valence-corrected chi connectivity index (χ1v) is 5.64. The predicted octanol–water partition coefficient (Wildman–Crippen LogP) is 0.359. The molecule has 0 spiro atoms. The van der Waals surface area contributed by atoms with E-state index in [1.807, 2.05) is 0 Å². The van der Waals surface area contributed by atoms with Crippen LogP contribution in [0.4, 0.5) is 17.3 Å². The van der Waals surface area contributed by atoms with Gasteiger partial charge in [0, 0.05) is 0 Å². The Bertz CT molecular complexity index is 399. The standard InChI is InChI=1S/C9H16N3O3.BF4/c1-10-9(11(2)3)15-12(4)7(13)5-6-8(12)14;2-1(3,4)5/h5-6H2,1-4H3;/q+1;-1/p+1. The molecule has 0 saturated carbocycles. The van der Waals surface area contributed by atoms with Crippen molar-refractivity contribution in [3.05, 3.63) is 0 Å². The zero-order chi connectivity index (χ0) is 16.1. The number of amidine groups is 1. The quantitative estimate of drug-likeness (QED) is 0.144. The number of halogens is 4. The average Bonchev–Trinajstić information content (AvgIpc) is 2.52. The van der Waals surface area contributed by atoms with Gasteiger partial charge in [0.05, 0.1) is 34.0 Å². The normalized spacial score (nSPS) is 17.2. The molecule has 6 nitrogen and oxygen atoms in total. The summed E-state index contributed by atoms with van der Waals surface area (Å²) in [6.07, 6.45) is 0.500. The van der Waals surface area contributed by atoms with Crippen LogP contribution in [0.3, 0.4) is 0 Å². The van der Waals surface area contributed by atoms with Crippen LogP contribution in [0.15, 0.2) is 0 Å². The number of hydroxylamine groups is 3. The number of quaternary nitrogens is 1. The van der Waals surface area contributed by atoms with Gasteiger partial charge in [-0.05, 0) is 4.65 Å². The van der Waals surface area contributed by atoms with Crippen molar-refractivity contribution in [1.82, 2.24) is 5.32 Å². The number of likely N-dealkylation sites (tertiary alicyclic amines) is 1. The van der Waals surface area contributed by atoms with Crippen molar-refractivity contribution in [2.75, 3.05) is 28.2 Å². The lowest BCUT2D eigenvalue weighted by atomic mass is 10.3. The fourth-order valence-corrected chi connectivity index (χ4v) is 1.41. The third-order valence-electron chi connectivity index (χ3n) is 2.39. The maximum absolute atomic E-state index is 11.5. The minimum Gasteiger partial charge on any atom is -0.418 e. The van der Waals surface area contributed by atoms with Gasteiger partial charge >= 0.3 is 25.1 Å². The predicted molar refractivity (Wildman–Crippen MR) is 62.9 cm³/mol. The summed E-state index contributed by atoms with van der Waals surface area (Å²) in [7, 11) is 0.678. The van der Waals surface area contributed by atoms with Gasteiger partial charge < -0.3 is 17.3 Å². The molecule has 1 aliphatic rings. The Labute approximate surface area is 113 Å². The largest absolute Gasteiger partial charge is 0.673 e. The Hall–Kier alpha value is -1.65. The molecule has 0 atom stereocenters. The number of nitrogens with one attached hydrogen (secondary N) is 1. The molecule has 0 aromatic carbocycles. The van der Waals surface area contributed by atoms with Crippen LogP contribution in [0.1, 0.15) is 12.8 Å². The van der Waals surface area contributed by atoms with Crippen LogP contribution in [0.25, 0.3) is 0 Å². The maximum Gasteiger partial charge on any atom is 0.673 e. The molecule has 1 heterocycles. The molecule has 0 aromatic heterocycles. The lowest BCUT2D eigenvalue weighted by molar-refractivity contribution is -0.943.